The number of fused-ring (bicyclic) bond motifs is 3. The number of piperidine rings is 1. The highest BCUT2D eigenvalue weighted by Gasteiger charge is 2.21. The molecular formula is C22H25FN6O2. The average molecular weight is 424 g/mol. The van der Waals surface area contributed by atoms with Crippen molar-refractivity contribution >= 4 is 16.9 Å². The molecule has 0 aliphatic carbocycles. The quantitative estimate of drug-likeness (QED) is 0.503. The predicted molar refractivity (Wildman–Crippen MR) is 117 cm³/mol. The Morgan fingerprint density at radius 3 is 2.45 bits per heavy atom. The zero-order valence-electron chi connectivity index (χ0n) is 17.7. The molecule has 0 atom stereocenters. The first-order valence-electron chi connectivity index (χ1n) is 10.6. The summed E-state index contributed by atoms with van der Waals surface area (Å²) in [6.45, 7) is 4.95. The van der Waals surface area contributed by atoms with E-state index in [1.54, 1.807) is 23.6 Å². The van der Waals surface area contributed by atoms with Gasteiger partial charge in [-0.15, -0.1) is 0 Å². The van der Waals surface area contributed by atoms with Gasteiger partial charge in [-0.1, -0.05) is 6.42 Å². The Hall–Kier alpha value is -3.20. The third-order valence-electron chi connectivity index (χ3n) is 6.20. The van der Waals surface area contributed by atoms with Crippen LogP contribution in [-0.4, -0.2) is 47.6 Å². The van der Waals surface area contributed by atoms with Gasteiger partial charge in [0.2, 0.25) is 5.78 Å². The summed E-state index contributed by atoms with van der Waals surface area (Å²) >= 11 is 0. The van der Waals surface area contributed by atoms with Crippen molar-refractivity contribution in [1.82, 2.24) is 28.0 Å². The van der Waals surface area contributed by atoms with Crippen LogP contribution in [0.4, 0.5) is 4.39 Å². The third-order valence-corrected chi connectivity index (χ3v) is 6.20. The highest BCUT2D eigenvalue weighted by Crippen LogP contribution is 2.21. The molecule has 9 heteroatoms. The maximum absolute atomic E-state index is 13.4. The number of aromatic nitrogens is 5. The summed E-state index contributed by atoms with van der Waals surface area (Å²) in [5, 5.41) is 0. The summed E-state index contributed by atoms with van der Waals surface area (Å²) in [4.78, 5) is 33.2. The molecule has 8 nitrogen and oxygen atoms in total. The van der Waals surface area contributed by atoms with Gasteiger partial charge < -0.3 is 4.90 Å². The highest BCUT2D eigenvalue weighted by molar-refractivity contribution is 5.76. The molecule has 0 unspecified atom stereocenters. The number of aryl methyl sites for hydroxylation is 2. The number of rotatable bonds is 4. The minimum atomic E-state index is -0.361. The van der Waals surface area contributed by atoms with E-state index >= 15 is 0 Å². The molecule has 1 aromatic carbocycles. The third kappa shape index (κ3) is 3.20. The monoisotopic (exact) mass is 424 g/mol. The van der Waals surface area contributed by atoms with Crippen molar-refractivity contribution < 1.29 is 4.39 Å². The molecule has 0 bridgehead atoms. The fraction of sp³-hybridized carbons (Fsp3) is 0.409. The van der Waals surface area contributed by atoms with Gasteiger partial charge in [-0.3, -0.25) is 22.9 Å². The zero-order chi connectivity index (χ0) is 21.7. The molecule has 0 radical (unpaired) electrons. The summed E-state index contributed by atoms with van der Waals surface area (Å²) in [6, 6.07) is 6.10. The van der Waals surface area contributed by atoms with Gasteiger partial charge in [-0.05, 0) is 57.1 Å². The van der Waals surface area contributed by atoms with Crippen molar-refractivity contribution in [3.8, 4) is 5.69 Å². The van der Waals surface area contributed by atoms with Crippen molar-refractivity contribution in [1.29, 1.82) is 0 Å². The van der Waals surface area contributed by atoms with Crippen LogP contribution in [-0.2, 0) is 13.6 Å². The second kappa shape index (κ2) is 7.49. The van der Waals surface area contributed by atoms with Crippen LogP contribution in [0.5, 0.6) is 0 Å². The first-order chi connectivity index (χ1) is 15.0. The van der Waals surface area contributed by atoms with Crippen LogP contribution in [0.1, 0.15) is 25.0 Å². The van der Waals surface area contributed by atoms with E-state index in [1.165, 1.54) is 27.7 Å². The van der Waals surface area contributed by atoms with Crippen molar-refractivity contribution in [3.05, 3.63) is 62.8 Å². The highest BCUT2D eigenvalue weighted by atomic mass is 19.1. The average Bonchev–Trinajstić information content (AvgIpc) is 3.28. The molecule has 162 valence electrons. The topological polar surface area (TPSA) is 69.5 Å². The normalized spacial score (nSPS) is 15.3. The molecular weight excluding hydrogens is 399 g/mol. The summed E-state index contributed by atoms with van der Waals surface area (Å²) in [6.07, 6.45) is 5.38. The van der Waals surface area contributed by atoms with E-state index in [1.807, 2.05) is 17.7 Å². The molecule has 3 aromatic heterocycles. The molecule has 1 saturated heterocycles. The zero-order valence-corrected chi connectivity index (χ0v) is 17.7. The van der Waals surface area contributed by atoms with E-state index in [0.29, 0.717) is 30.0 Å². The SMILES string of the molecule is Cc1cn2c3c(=O)n(CCN4CCCCC4)c(=O)n(C)c3nc2n1-c1ccc(F)cc1. The van der Waals surface area contributed by atoms with Crippen molar-refractivity contribution in [2.24, 2.45) is 7.05 Å². The van der Waals surface area contributed by atoms with Gasteiger partial charge in [0, 0.05) is 37.7 Å². The Labute approximate surface area is 177 Å². The van der Waals surface area contributed by atoms with E-state index < -0.39 is 0 Å². The van der Waals surface area contributed by atoms with Crippen molar-refractivity contribution in [3.63, 3.8) is 0 Å². The molecule has 1 fully saturated rings. The summed E-state index contributed by atoms with van der Waals surface area (Å²) < 4.78 is 19.7. The van der Waals surface area contributed by atoms with E-state index in [4.69, 9.17) is 0 Å². The maximum Gasteiger partial charge on any atom is 0.332 e. The van der Waals surface area contributed by atoms with Crippen LogP contribution in [0.3, 0.4) is 0 Å². The minimum Gasteiger partial charge on any atom is -0.302 e. The Bertz CT molecular complexity index is 1390. The summed E-state index contributed by atoms with van der Waals surface area (Å²) in [7, 11) is 1.64. The second-order valence-electron chi connectivity index (χ2n) is 8.24. The van der Waals surface area contributed by atoms with Crippen LogP contribution >= 0.6 is 0 Å². The lowest BCUT2D eigenvalue weighted by Gasteiger charge is -2.26. The smallest absolute Gasteiger partial charge is 0.302 e. The molecule has 0 amide bonds. The maximum atomic E-state index is 13.4. The molecule has 4 heterocycles. The van der Waals surface area contributed by atoms with Gasteiger partial charge in [0.15, 0.2) is 11.2 Å². The van der Waals surface area contributed by atoms with Crippen LogP contribution in [0.25, 0.3) is 22.6 Å². The van der Waals surface area contributed by atoms with Crippen LogP contribution < -0.4 is 11.2 Å². The molecule has 0 spiro atoms. The number of halogens is 1. The standard InChI is InChI=1S/C22H25FN6O2/c1-15-14-28-18-19(24-21(28)29(15)17-8-6-16(23)7-9-17)25(2)22(31)27(20(18)30)13-12-26-10-4-3-5-11-26/h6-9,14H,3-5,10-13H2,1-2H3. The second-order valence-corrected chi connectivity index (χ2v) is 8.24. The van der Waals surface area contributed by atoms with E-state index in [9.17, 15) is 14.0 Å². The fourth-order valence-electron chi connectivity index (χ4n) is 4.54. The van der Waals surface area contributed by atoms with Gasteiger partial charge in [0.1, 0.15) is 5.82 Å². The number of hydrogen-bond acceptors (Lipinski definition) is 4. The van der Waals surface area contributed by atoms with Crippen LogP contribution in [0, 0.1) is 12.7 Å². The molecule has 4 aromatic rings. The lowest BCUT2D eigenvalue weighted by atomic mass is 10.1. The Morgan fingerprint density at radius 1 is 1.03 bits per heavy atom. The van der Waals surface area contributed by atoms with Crippen molar-refractivity contribution in [2.45, 2.75) is 32.7 Å². The van der Waals surface area contributed by atoms with Gasteiger partial charge in [0.05, 0.1) is 0 Å². The molecule has 1 aliphatic rings. The first-order valence-corrected chi connectivity index (χ1v) is 10.6. The van der Waals surface area contributed by atoms with Gasteiger partial charge in [-0.25, -0.2) is 9.18 Å². The van der Waals surface area contributed by atoms with Gasteiger partial charge in [0.25, 0.3) is 5.56 Å². The molecule has 1 aliphatic heterocycles. The van der Waals surface area contributed by atoms with Crippen LogP contribution in [0.2, 0.25) is 0 Å². The number of hydrogen-bond donors (Lipinski definition) is 0. The summed E-state index contributed by atoms with van der Waals surface area (Å²) in [5.74, 6) is 0.192. The van der Waals surface area contributed by atoms with Gasteiger partial charge >= 0.3 is 5.69 Å². The number of imidazole rings is 2. The van der Waals surface area contributed by atoms with Gasteiger partial charge in [-0.2, -0.15) is 4.98 Å². The van der Waals surface area contributed by atoms with Crippen molar-refractivity contribution in [2.75, 3.05) is 19.6 Å². The molecule has 0 N–H and O–H groups in total. The Balaban J connectivity index is 1.66. The summed E-state index contributed by atoms with van der Waals surface area (Å²) in [5.41, 5.74) is 1.61. The van der Waals surface area contributed by atoms with Crippen LogP contribution in [0.15, 0.2) is 40.1 Å². The number of likely N-dealkylation sites (tertiary alicyclic amines) is 1. The van der Waals surface area contributed by atoms with E-state index in [0.717, 1.165) is 37.3 Å². The molecule has 5 rings (SSSR count). The van der Waals surface area contributed by atoms with E-state index in [2.05, 4.69) is 9.88 Å². The Morgan fingerprint density at radius 2 is 1.74 bits per heavy atom. The largest absolute Gasteiger partial charge is 0.332 e. The number of benzene rings is 1. The molecule has 31 heavy (non-hydrogen) atoms. The lowest BCUT2D eigenvalue weighted by molar-refractivity contribution is 0.218. The molecule has 0 saturated carbocycles. The Kier molecular flexibility index (Phi) is 4.77. The minimum absolute atomic E-state index is 0.322. The van der Waals surface area contributed by atoms with E-state index in [-0.39, 0.29) is 17.1 Å². The first kappa shape index (κ1) is 19.7. The predicted octanol–water partition coefficient (Wildman–Crippen LogP) is 2.07. The number of nitrogens with zero attached hydrogens (tertiary/aromatic N) is 6. The fourth-order valence-corrected chi connectivity index (χ4v) is 4.54. The lowest BCUT2D eigenvalue weighted by Crippen LogP contribution is -2.43.